The quantitative estimate of drug-likeness (QED) is 0.204. The Morgan fingerprint density at radius 3 is 2.79 bits per heavy atom. The highest BCUT2D eigenvalue weighted by Gasteiger charge is 2.53. The van der Waals surface area contributed by atoms with Crippen LogP contribution >= 0.6 is 38.4 Å². The van der Waals surface area contributed by atoms with E-state index in [1.165, 1.54) is 16.1 Å². The normalized spacial score (nSPS) is 21.4. The molecule has 0 aliphatic carbocycles. The molecule has 2 aliphatic heterocycles. The van der Waals surface area contributed by atoms with Crippen molar-refractivity contribution >= 4 is 66.2 Å². The second kappa shape index (κ2) is 10.3. The summed E-state index contributed by atoms with van der Waals surface area (Å²) in [6.45, 7) is 0.257. The minimum Gasteiger partial charge on any atom is -0.472 e. The zero-order chi connectivity index (χ0) is 24.4. The summed E-state index contributed by atoms with van der Waals surface area (Å²) in [5.74, 6) is -1.08. The summed E-state index contributed by atoms with van der Waals surface area (Å²) in [4.78, 5) is 50.5. The maximum atomic E-state index is 12.9. The fraction of sp³-hybridized carbons (Fsp3) is 0.273. The van der Waals surface area contributed by atoms with Crippen LogP contribution in [-0.4, -0.2) is 55.1 Å². The van der Waals surface area contributed by atoms with E-state index in [4.69, 9.17) is 5.73 Å². The molecule has 3 heterocycles. The van der Waals surface area contributed by atoms with Crippen molar-refractivity contribution in [1.29, 1.82) is 0 Å². The number of halogens is 1. The van der Waals surface area contributed by atoms with Crippen LogP contribution in [0.25, 0.3) is 0 Å². The summed E-state index contributed by atoms with van der Waals surface area (Å²) in [7, 11) is -1.42. The van der Waals surface area contributed by atoms with Crippen molar-refractivity contribution in [1.82, 2.24) is 9.62 Å². The first kappa shape index (κ1) is 24.4. The van der Waals surface area contributed by atoms with Crippen LogP contribution in [0.1, 0.15) is 23.2 Å². The molecule has 0 radical (unpaired) electrons. The molecule has 2 aromatic rings. The van der Waals surface area contributed by atoms with E-state index in [1.807, 2.05) is 24.3 Å². The van der Waals surface area contributed by atoms with Crippen molar-refractivity contribution in [2.24, 2.45) is 5.73 Å². The van der Waals surface area contributed by atoms with Crippen molar-refractivity contribution < 1.29 is 28.9 Å². The summed E-state index contributed by atoms with van der Waals surface area (Å²) in [6.07, 6.45) is 4.34. The van der Waals surface area contributed by atoms with E-state index in [0.29, 0.717) is 23.3 Å². The lowest BCUT2D eigenvalue weighted by atomic mass is 9.93. The Hall–Kier alpha value is -2.70. The molecule has 1 saturated heterocycles. The number of amides is 3. The number of carboxylic acid groups (broad SMARTS) is 1. The Balaban J connectivity index is 1.44. The number of hydrogen-bond donors (Lipinski definition) is 3. The molecule has 1 unspecified atom stereocenters. The van der Waals surface area contributed by atoms with Gasteiger partial charge in [-0.1, -0.05) is 22.0 Å². The summed E-state index contributed by atoms with van der Waals surface area (Å²) in [5, 5.41) is 11.6. The second-order valence-corrected chi connectivity index (χ2v) is 11.6. The number of β-lactam (4-membered cyclic amide) rings is 1. The van der Waals surface area contributed by atoms with E-state index in [-0.39, 0.29) is 30.2 Å². The number of thioether (sulfide) groups is 1. The minimum atomic E-state index is -1.42. The topological polar surface area (TPSA) is 134 Å². The Kier molecular flexibility index (Phi) is 7.39. The predicted molar refractivity (Wildman–Crippen MR) is 132 cm³/mol. The molecule has 1 aromatic carbocycles. The highest BCUT2D eigenvalue weighted by atomic mass is 79.9. The lowest BCUT2D eigenvalue weighted by Crippen LogP contribution is -2.70. The first-order chi connectivity index (χ1) is 16.2. The largest absolute Gasteiger partial charge is 0.472 e. The molecule has 4 N–H and O–H groups in total. The molecule has 178 valence electrons. The molecule has 1 fully saturated rings. The molecule has 4 rings (SSSR count). The van der Waals surface area contributed by atoms with Gasteiger partial charge in [0.1, 0.15) is 11.6 Å². The molecule has 34 heavy (non-hydrogen) atoms. The van der Waals surface area contributed by atoms with E-state index < -0.39 is 27.9 Å². The standard InChI is InChI=1S/C22H21BrN4O5S2/c23-14-4-1-5-15(9-14)33-12-18(28)25-19-17-7-6-16(34(22(31)32)27(17)21(19)30)11-26-8-2-3-13(10-26)20(24)29/h1-5,8-10,17,19H,6-7,11-12H2,(H3-,24,25,28,29,31,32)/p+1/t17-,19-,34?/m1/s1. The van der Waals surface area contributed by atoms with Crippen molar-refractivity contribution in [2.75, 3.05) is 5.75 Å². The number of aromatic nitrogens is 1. The molecule has 9 nitrogen and oxygen atoms in total. The number of nitrogens with two attached hydrogens (primary N) is 1. The van der Waals surface area contributed by atoms with E-state index in [1.54, 1.807) is 29.1 Å². The number of nitrogens with one attached hydrogen (secondary N) is 1. The summed E-state index contributed by atoms with van der Waals surface area (Å²) in [5.41, 5.74) is 5.65. The number of pyridine rings is 1. The van der Waals surface area contributed by atoms with Crippen LogP contribution in [0.15, 0.2) is 58.2 Å². The van der Waals surface area contributed by atoms with Crippen LogP contribution in [0.4, 0.5) is 4.79 Å². The first-order valence-electron chi connectivity index (χ1n) is 10.4. The fourth-order valence-electron chi connectivity index (χ4n) is 3.97. The predicted octanol–water partition coefficient (Wildman–Crippen LogP) is 2.15. The molecule has 12 heteroatoms. The van der Waals surface area contributed by atoms with E-state index in [0.717, 1.165) is 9.37 Å². The molecular weight excluding hydrogens is 544 g/mol. The van der Waals surface area contributed by atoms with Gasteiger partial charge in [0.15, 0.2) is 18.9 Å². The molecule has 0 saturated carbocycles. The van der Waals surface area contributed by atoms with Gasteiger partial charge in [-0.3, -0.25) is 18.7 Å². The fourth-order valence-corrected chi connectivity index (χ4v) is 7.35. The molecule has 1 aromatic heterocycles. The SMILES string of the molecule is NC(=O)c1ccc[n+](CC2=S(C(=O)O)N3C(=O)[C@H](NC(=O)CSc4cccc(Br)c4)[C@H]3CC2)c1. The number of nitrogens with zero attached hydrogens (tertiary/aromatic N) is 2. The summed E-state index contributed by atoms with van der Waals surface area (Å²) >= 11 is 4.75. The van der Waals surface area contributed by atoms with Crippen LogP contribution in [-0.2, 0) is 16.1 Å². The van der Waals surface area contributed by atoms with Crippen LogP contribution < -0.4 is 15.6 Å². The van der Waals surface area contributed by atoms with Gasteiger partial charge >= 0.3 is 5.30 Å². The van der Waals surface area contributed by atoms with Gasteiger partial charge in [-0.05, 0) is 37.1 Å². The lowest BCUT2D eigenvalue weighted by molar-refractivity contribution is -0.681. The third-order valence-corrected chi connectivity index (χ3v) is 9.05. The molecule has 3 amide bonds. The second-order valence-electron chi connectivity index (χ2n) is 7.78. The Morgan fingerprint density at radius 2 is 2.09 bits per heavy atom. The average Bonchev–Trinajstić information content (AvgIpc) is 2.81. The molecule has 3 atom stereocenters. The van der Waals surface area contributed by atoms with Crippen LogP contribution in [0, 0.1) is 0 Å². The van der Waals surface area contributed by atoms with Crippen molar-refractivity contribution in [3.8, 4) is 0 Å². The van der Waals surface area contributed by atoms with Gasteiger partial charge in [0.05, 0.1) is 11.8 Å². The maximum Gasteiger partial charge on any atom is 0.378 e. The first-order valence-corrected chi connectivity index (χ1v) is 13.3. The van der Waals surface area contributed by atoms with E-state index in [2.05, 4.69) is 21.2 Å². The number of fused-ring (bicyclic) bond motifs is 1. The monoisotopic (exact) mass is 565 g/mol. The molecule has 0 spiro atoms. The van der Waals surface area contributed by atoms with Gasteiger partial charge in [-0.15, -0.1) is 11.8 Å². The molecule has 0 bridgehead atoms. The number of rotatable bonds is 7. The Labute approximate surface area is 210 Å². The number of primary amides is 1. The zero-order valence-electron chi connectivity index (χ0n) is 17.8. The average molecular weight is 566 g/mol. The smallest absolute Gasteiger partial charge is 0.378 e. The van der Waals surface area contributed by atoms with Gasteiger partial charge in [0.25, 0.3) is 11.8 Å². The number of carbonyl (C=O) groups excluding carboxylic acids is 3. The number of carbonyl (C=O) groups is 4. The van der Waals surface area contributed by atoms with Gasteiger partial charge in [0, 0.05) is 31.0 Å². The van der Waals surface area contributed by atoms with Gasteiger partial charge < -0.3 is 16.2 Å². The van der Waals surface area contributed by atoms with Gasteiger partial charge in [-0.2, -0.15) is 4.57 Å². The number of benzene rings is 1. The summed E-state index contributed by atoms with van der Waals surface area (Å²) < 4.78 is 3.99. The van der Waals surface area contributed by atoms with Crippen molar-refractivity contribution in [2.45, 2.75) is 36.4 Å². The van der Waals surface area contributed by atoms with Crippen molar-refractivity contribution in [3.05, 3.63) is 58.8 Å². The van der Waals surface area contributed by atoms with Gasteiger partial charge in [-0.25, -0.2) is 4.79 Å². The maximum absolute atomic E-state index is 12.9. The zero-order valence-corrected chi connectivity index (χ0v) is 21.1. The number of hydrogen-bond acceptors (Lipinski definition) is 5. The van der Waals surface area contributed by atoms with E-state index >= 15 is 0 Å². The Bertz CT molecular complexity index is 1220. The van der Waals surface area contributed by atoms with E-state index in [9.17, 15) is 24.3 Å². The van der Waals surface area contributed by atoms with Crippen LogP contribution in [0.5, 0.6) is 0 Å². The molecule has 2 aliphatic rings. The highest BCUT2D eigenvalue weighted by molar-refractivity contribution is 9.10. The third-order valence-electron chi connectivity index (χ3n) is 5.51. The van der Waals surface area contributed by atoms with Crippen LogP contribution in [0.3, 0.4) is 0 Å². The van der Waals surface area contributed by atoms with Gasteiger partial charge in [0.2, 0.25) is 5.91 Å². The minimum absolute atomic E-state index is 0.155. The lowest BCUT2D eigenvalue weighted by Gasteiger charge is -2.50. The molecular formula is C22H22BrN4O5S2+. The van der Waals surface area contributed by atoms with Crippen LogP contribution in [0.2, 0.25) is 0 Å². The third kappa shape index (κ3) is 5.18. The summed E-state index contributed by atoms with van der Waals surface area (Å²) in [6, 6.07) is 9.76. The van der Waals surface area contributed by atoms with Crippen molar-refractivity contribution in [3.63, 3.8) is 0 Å². The highest BCUT2D eigenvalue weighted by Crippen LogP contribution is 2.42. The Morgan fingerprint density at radius 1 is 1.29 bits per heavy atom.